The second kappa shape index (κ2) is 8.33. The second-order valence-corrected chi connectivity index (χ2v) is 6.83. The van der Waals surface area contributed by atoms with Crippen LogP contribution in [0.1, 0.15) is 18.3 Å². The number of halogens is 1. The van der Waals surface area contributed by atoms with Crippen LogP contribution in [0.3, 0.4) is 0 Å². The number of rotatable bonds is 6. The lowest BCUT2D eigenvalue weighted by molar-refractivity contribution is -0.117. The summed E-state index contributed by atoms with van der Waals surface area (Å²) in [5.74, 6) is 0.383. The molecule has 3 aromatic rings. The van der Waals surface area contributed by atoms with E-state index < -0.39 is 0 Å². The average molecular weight is 385 g/mol. The molecule has 140 valence electrons. The molecule has 27 heavy (non-hydrogen) atoms. The van der Waals surface area contributed by atoms with E-state index in [2.05, 4.69) is 15.3 Å². The molecule has 0 radical (unpaired) electrons. The normalized spacial score (nSPS) is 11.1. The standard InChI is InChI=1S/C20H21ClN4O2/c1-3-25(12-19(26)22-15-6-4-5-13(2)9-15)11-18-23-17-10-14(21)7-8-16(17)20(27)24-18/h4-10H,3,11-12H2,1-2H3,(H,22,26)(H,23,24,27). The van der Waals surface area contributed by atoms with E-state index in [1.807, 2.05) is 43.0 Å². The summed E-state index contributed by atoms with van der Waals surface area (Å²) in [7, 11) is 0. The van der Waals surface area contributed by atoms with E-state index in [0.717, 1.165) is 11.3 Å². The summed E-state index contributed by atoms with van der Waals surface area (Å²) in [6, 6.07) is 12.6. The first-order valence-corrected chi connectivity index (χ1v) is 9.09. The molecule has 7 heteroatoms. The number of aromatic amines is 1. The van der Waals surface area contributed by atoms with Gasteiger partial charge in [0.15, 0.2) is 0 Å². The van der Waals surface area contributed by atoms with E-state index in [4.69, 9.17) is 11.6 Å². The summed E-state index contributed by atoms with van der Waals surface area (Å²) in [6.45, 7) is 5.12. The topological polar surface area (TPSA) is 78.1 Å². The highest BCUT2D eigenvalue weighted by Gasteiger charge is 2.13. The maximum Gasteiger partial charge on any atom is 0.258 e. The van der Waals surface area contributed by atoms with Gasteiger partial charge in [-0.15, -0.1) is 0 Å². The van der Waals surface area contributed by atoms with E-state index >= 15 is 0 Å². The Morgan fingerprint density at radius 2 is 2.07 bits per heavy atom. The number of aromatic nitrogens is 2. The minimum absolute atomic E-state index is 0.117. The predicted molar refractivity (Wildman–Crippen MR) is 108 cm³/mol. The summed E-state index contributed by atoms with van der Waals surface area (Å²) in [4.78, 5) is 33.7. The largest absolute Gasteiger partial charge is 0.325 e. The molecule has 1 aromatic heterocycles. The van der Waals surface area contributed by atoms with E-state index in [1.165, 1.54) is 0 Å². The Bertz CT molecular complexity index is 1030. The van der Waals surface area contributed by atoms with Gasteiger partial charge in [-0.3, -0.25) is 14.5 Å². The van der Waals surface area contributed by atoms with Crippen molar-refractivity contribution in [3.05, 3.63) is 69.2 Å². The highest BCUT2D eigenvalue weighted by Crippen LogP contribution is 2.15. The monoisotopic (exact) mass is 384 g/mol. The Morgan fingerprint density at radius 1 is 1.26 bits per heavy atom. The molecule has 0 unspecified atom stereocenters. The van der Waals surface area contributed by atoms with Crippen LogP contribution >= 0.6 is 11.6 Å². The molecule has 6 nitrogen and oxygen atoms in total. The molecule has 3 rings (SSSR count). The van der Waals surface area contributed by atoms with Crippen molar-refractivity contribution in [3.63, 3.8) is 0 Å². The number of hydrogen-bond acceptors (Lipinski definition) is 4. The van der Waals surface area contributed by atoms with E-state index in [9.17, 15) is 9.59 Å². The van der Waals surface area contributed by atoms with Crippen molar-refractivity contribution in [1.82, 2.24) is 14.9 Å². The smallest absolute Gasteiger partial charge is 0.258 e. The van der Waals surface area contributed by atoms with Gasteiger partial charge in [0.25, 0.3) is 5.56 Å². The number of carbonyl (C=O) groups excluding carboxylic acids is 1. The first kappa shape index (κ1) is 19.1. The van der Waals surface area contributed by atoms with E-state index in [1.54, 1.807) is 18.2 Å². The SMILES string of the molecule is CCN(CC(=O)Nc1cccc(C)c1)Cc1nc2cc(Cl)ccc2c(=O)[nH]1. The third-order valence-electron chi connectivity index (χ3n) is 4.21. The number of aryl methyl sites for hydroxylation is 1. The molecule has 0 aliphatic rings. The lowest BCUT2D eigenvalue weighted by Gasteiger charge is -2.19. The third kappa shape index (κ3) is 4.93. The van der Waals surface area contributed by atoms with Gasteiger partial charge in [-0.05, 0) is 49.4 Å². The number of fused-ring (bicyclic) bond motifs is 1. The fourth-order valence-corrected chi connectivity index (χ4v) is 3.02. The van der Waals surface area contributed by atoms with Crippen LogP contribution in [0.15, 0.2) is 47.3 Å². The van der Waals surface area contributed by atoms with Crippen LogP contribution in [0.4, 0.5) is 5.69 Å². The molecule has 1 amide bonds. The van der Waals surface area contributed by atoms with E-state index in [-0.39, 0.29) is 18.0 Å². The van der Waals surface area contributed by atoms with Crippen LogP contribution in [0.25, 0.3) is 10.9 Å². The van der Waals surface area contributed by atoms with Crippen molar-refractivity contribution in [2.45, 2.75) is 20.4 Å². The first-order chi connectivity index (χ1) is 12.9. The molecule has 0 spiro atoms. The molecule has 0 atom stereocenters. The van der Waals surface area contributed by atoms with Crippen molar-refractivity contribution < 1.29 is 4.79 Å². The van der Waals surface area contributed by atoms with Gasteiger partial charge in [-0.25, -0.2) is 4.98 Å². The van der Waals surface area contributed by atoms with Gasteiger partial charge >= 0.3 is 0 Å². The van der Waals surface area contributed by atoms with Gasteiger partial charge in [0.05, 0.1) is 24.0 Å². The third-order valence-corrected chi connectivity index (χ3v) is 4.44. The number of amides is 1. The number of hydrogen-bond donors (Lipinski definition) is 2. The number of likely N-dealkylation sites (N-methyl/N-ethyl adjacent to an activating group) is 1. The van der Waals surface area contributed by atoms with Crippen molar-refractivity contribution in [3.8, 4) is 0 Å². The summed E-state index contributed by atoms with van der Waals surface area (Å²) in [5, 5.41) is 3.91. The fourth-order valence-electron chi connectivity index (χ4n) is 2.85. The molecule has 0 aliphatic heterocycles. The van der Waals surface area contributed by atoms with Gasteiger partial charge < -0.3 is 10.3 Å². The van der Waals surface area contributed by atoms with Crippen LogP contribution in [0.2, 0.25) is 5.02 Å². The molecule has 1 heterocycles. The highest BCUT2D eigenvalue weighted by atomic mass is 35.5. The number of nitrogens with zero attached hydrogens (tertiary/aromatic N) is 2. The average Bonchev–Trinajstić information content (AvgIpc) is 2.60. The van der Waals surface area contributed by atoms with Crippen LogP contribution in [-0.2, 0) is 11.3 Å². The van der Waals surface area contributed by atoms with Crippen LogP contribution in [-0.4, -0.2) is 33.9 Å². The molecule has 2 N–H and O–H groups in total. The number of H-pyrrole nitrogens is 1. The zero-order valence-electron chi connectivity index (χ0n) is 15.3. The Morgan fingerprint density at radius 3 is 2.81 bits per heavy atom. The van der Waals surface area contributed by atoms with Gasteiger partial charge in [0, 0.05) is 10.7 Å². The molecule has 0 aliphatic carbocycles. The zero-order chi connectivity index (χ0) is 19.4. The maximum atomic E-state index is 12.3. The van der Waals surface area contributed by atoms with Gasteiger partial charge in [0.2, 0.25) is 5.91 Å². The van der Waals surface area contributed by atoms with Crippen LogP contribution < -0.4 is 10.9 Å². The zero-order valence-corrected chi connectivity index (χ0v) is 16.0. The molecule has 0 saturated carbocycles. The molecule has 2 aromatic carbocycles. The van der Waals surface area contributed by atoms with Crippen molar-refractivity contribution >= 4 is 34.1 Å². The molecular formula is C20H21ClN4O2. The highest BCUT2D eigenvalue weighted by molar-refractivity contribution is 6.31. The Kier molecular flexibility index (Phi) is 5.88. The summed E-state index contributed by atoms with van der Waals surface area (Å²) >= 11 is 6.00. The van der Waals surface area contributed by atoms with Crippen molar-refractivity contribution in [2.75, 3.05) is 18.4 Å². The van der Waals surface area contributed by atoms with Crippen LogP contribution in [0.5, 0.6) is 0 Å². The quantitative estimate of drug-likeness (QED) is 0.683. The lowest BCUT2D eigenvalue weighted by atomic mass is 10.2. The first-order valence-electron chi connectivity index (χ1n) is 8.72. The number of benzene rings is 2. The van der Waals surface area contributed by atoms with Gasteiger partial charge in [-0.1, -0.05) is 30.7 Å². The fraction of sp³-hybridized carbons (Fsp3) is 0.250. The number of nitrogens with one attached hydrogen (secondary N) is 2. The number of carbonyl (C=O) groups is 1. The maximum absolute atomic E-state index is 12.3. The molecule has 0 fully saturated rings. The molecule has 0 saturated heterocycles. The van der Waals surface area contributed by atoms with Crippen molar-refractivity contribution in [2.24, 2.45) is 0 Å². The molecule has 0 bridgehead atoms. The second-order valence-electron chi connectivity index (χ2n) is 6.40. The Balaban J connectivity index is 1.72. The van der Waals surface area contributed by atoms with Crippen molar-refractivity contribution in [1.29, 1.82) is 0 Å². The summed E-state index contributed by atoms with van der Waals surface area (Å²) < 4.78 is 0. The summed E-state index contributed by atoms with van der Waals surface area (Å²) in [5.41, 5.74) is 2.17. The predicted octanol–water partition coefficient (Wildman–Crippen LogP) is 3.35. The van der Waals surface area contributed by atoms with E-state index in [0.29, 0.717) is 34.8 Å². The number of anilines is 1. The summed E-state index contributed by atoms with van der Waals surface area (Å²) in [6.07, 6.45) is 0. The molecular weight excluding hydrogens is 364 g/mol. The van der Waals surface area contributed by atoms with Gasteiger partial charge in [0.1, 0.15) is 5.82 Å². The minimum atomic E-state index is -0.216. The minimum Gasteiger partial charge on any atom is -0.325 e. The Hall–Kier alpha value is -2.70. The van der Waals surface area contributed by atoms with Crippen LogP contribution in [0, 0.1) is 6.92 Å². The van der Waals surface area contributed by atoms with Gasteiger partial charge in [-0.2, -0.15) is 0 Å². The lowest BCUT2D eigenvalue weighted by Crippen LogP contribution is -2.33. The Labute approximate surface area is 162 Å².